The van der Waals surface area contributed by atoms with Crippen LogP contribution in [0.1, 0.15) is 60.8 Å². The molecule has 116 valence electrons. The van der Waals surface area contributed by atoms with E-state index in [1.165, 1.54) is 12.8 Å². The maximum atomic E-state index is 3.60. The molecule has 0 nitrogen and oxygen atoms in total. The molecular weight excluding hydrogens is 228 g/mol. The van der Waals surface area contributed by atoms with Crippen molar-refractivity contribution in [2.75, 3.05) is 0 Å². The summed E-state index contributed by atoms with van der Waals surface area (Å²) in [5, 5.41) is 0. The monoisotopic (exact) mass is 268 g/mol. The summed E-state index contributed by atoms with van der Waals surface area (Å²) >= 11 is 0. The Morgan fingerprint density at radius 3 is 0.737 bits per heavy atom. The highest BCUT2D eigenvalue weighted by Crippen LogP contribution is 1.94. The van der Waals surface area contributed by atoms with Crippen LogP contribution in [0.3, 0.4) is 0 Å². The predicted octanol–water partition coefficient (Wildman–Crippen LogP) is 7.77. The number of unbranched alkanes of at least 4 members (excludes halogenated alkanes) is 4. The molecule has 0 heteroatoms. The molecule has 0 fully saturated rings. The Morgan fingerprint density at radius 2 is 0.632 bits per heavy atom. The maximum Gasteiger partial charge on any atom is -0.0350 e. The minimum Gasteiger partial charge on any atom is -0.106 e. The molecule has 0 unspecified atom stereocenters. The molecule has 0 aromatic rings. The molecule has 0 atom stereocenters. The lowest BCUT2D eigenvalue weighted by Crippen LogP contribution is -1.64. The van der Waals surface area contributed by atoms with Gasteiger partial charge in [0, 0.05) is 0 Å². The first-order chi connectivity index (χ1) is 7.83. The van der Waals surface area contributed by atoms with Gasteiger partial charge < -0.3 is 0 Å². The highest BCUT2D eigenvalue weighted by Gasteiger charge is 1.74. The Bertz CT molecular complexity index is 119. The fourth-order valence-electron chi connectivity index (χ4n) is 0.813. The first-order valence-electron chi connectivity index (χ1n) is 5.77. The van der Waals surface area contributed by atoms with Crippen LogP contribution < -0.4 is 0 Å². The maximum absolute atomic E-state index is 3.60. The Hall–Kier alpha value is -1.30. The van der Waals surface area contributed by atoms with Crippen molar-refractivity contribution in [3.8, 4) is 0 Å². The minimum absolute atomic E-state index is 0. The van der Waals surface area contributed by atoms with E-state index in [1.54, 1.807) is 0 Å². The fraction of sp³-hybridized carbons (Fsp3) is 0.474. The third-order valence-electron chi connectivity index (χ3n) is 1.63. The topological polar surface area (TPSA) is 0 Å². The minimum atomic E-state index is 0. The van der Waals surface area contributed by atoms with E-state index in [9.17, 15) is 0 Å². The number of hydrogen-bond donors (Lipinski definition) is 0. The highest BCUT2D eigenvalue weighted by molar-refractivity contribution is 4.72. The Kier molecular flexibility index (Phi) is 103. The van der Waals surface area contributed by atoms with Gasteiger partial charge in [-0.1, -0.05) is 46.6 Å². The molecule has 0 saturated heterocycles. The summed E-state index contributed by atoms with van der Waals surface area (Å²) in [4.78, 5) is 0. The van der Waals surface area contributed by atoms with Crippen LogP contribution in [-0.4, -0.2) is 0 Å². The van der Waals surface area contributed by atoms with E-state index in [4.69, 9.17) is 0 Å². The SMILES string of the molecule is C.C.C.C=C.C=CCCCC=C.C=CCCCC=C. The molecule has 0 bridgehead atoms. The highest BCUT2D eigenvalue weighted by atomic mass is 13.8. The summed E-state index contributed by atoms with van der Waals surface area (Å²) in [6, 6.07) is 0. The summed E-state index contributed by atoms with van der Waals surface area (Å²) in [6.07, 6.45) is 14.6. The summed E-state index contributed by atoms with van der Waals surface area (Å²) in [5.74, 6) is 0. The lowest BCUT2D eigenvalue weighted by Gasteiger charge is -1.84. The van der Waals surface area contributed by atoms with Crippen LogP contribution in [0.25, 0.3) is 0 Å². The van der Waals surface area contributed by atoms with Crippen LogP contribution in [0.2, 0.25) is 0 Å². The number of allylic oxidation sites excluding steroid dienone is 4. The van der Waals surface area contributed by atoms with Gasteiger partial charge in [-0.2, -0.15) is 0 Å². The Labute approximate surface area is 125 Å². The average molecular weight is 269 g/mol. The van der Waals surface area contributed by atoms with Crippen LogP contribution in [-0.2, 0) is 0 Å². The quantitative estimate of drug-likeness (QED) is 0.311. The molecule has 0 heterocycles. The summed E-state index contributed by atoms with van der Waals surface area (Å²) in [6.45, 7) is 20.4. The molecule has 0 N–H and O–H groups in total. The third-order valence-corrected chi connectivity index (χ3v) is 1.63. The smallest absolute Gasteiger partial charge is 0.0350 e. The van der Waals surface area contributed by atoms with Crippen LogP contribution in [0.5, 0.6) is 0 Å². The van der Waals surface area contributed by atoms with Gasteiger partial charge in [-0.15, -0.1) is 39.5 Å². The van der Waals surface area contributed by atoms with Crippen molar-refractivity contribution in [3.05, 3.63) is 63.8 Å². The fourth-order valence-corrected chi connectivity index (χ4v) is 0.813. The molecule has 0 aliphatic rings. The van der Waals surface area contributed by atoms with E-state index >= 15 is 0 Å². The zero-order valence-corrected chi connectivity index (χ0v) is 10.8. The molecule has 0 aromatic carbocycles. The van der Waals surface area contributed by atoms with Crippen LogP contribution in [0.15, 0.2) is 63.8 Å². The lowest BCUT2D eigenvalue weighted by molar-refractivity contribution is 0.871. The zero-order valence-electron chi connectivity index (χ0n) is 10.8. The van der Waals surface area contributed by atoms with E-state index in [1.807, 2.05) is 24.3 Å². The van der Waals surface area contributed by atoms with Crippen molar-refractivity contribution in [2.45, 2.75) is 60.8 Å². The van der Waals surface area contributed by atoms with Crippen molar-refractivity contribution in [1.29, 1.82) is 0 Å². The molecule has 0 spiro atoms. The lowest BCUT2D eigenvalue weighted by atomic mass is 10.2. The normalized spacial score (nSPS) is 6.11. The second-order valence-electron chi connectivity index (χ2n) is 3.02. The van der Waals surface area contributed by atoms with E-state index in [-0.39, 0.29) is 22.3 Å². The molecular formula is C19H40. The zero-order chi connectivity index (χ0) is 13.1. The van der Waals surface area contributed by atoms with Gasteiger partial charge in [0.05, 0.1) is 0 Å². The van der Waals surface area contributed by atoms with Gasteiger partial charge in [-0.3, -0.25) is 0 Å². The second-order valence-corrected chi connectivity index (χ2v) is 3.02. The van der Waals surface area contributed by atoms with Crippen molar-refractivity contribution < 1.29 is 0 Å². The molecule has 0 aliphatic carbocycles. The van der Waals surface area contributed by atoms with Crippen molar-refractivity contribution in [3.63, 3.8) is 0 Å². The Balaban J connectivity index is -0.0000000344. The van der Waals surface area contributed by atoms with Crippen LogP contribution in [0, 0.1) is 0 Å². The van der Waals surface area contributed by atoms with Crippen molar-refractivity contribution >= 4 is 0 Å². The van der Waals surface area contributed by atoms with Crippen molar-refractivity contribution in [1.82, 2.24) is 0 Å². The number of rotatable bonds is 8. The van der Waals surface area contributed by atoms with Gasteiger partial charge in [-0.25, -0.2) is 0 Å². The molecule has 0 aromatic heterocycles. The van der Waals surface area contributed by atoms with E-state index < -0.39 is 0 Å². The third kappa shape index (κ3) is 80.4. The van der Waals surface area contributed by atoms with E-state index in [0.717, 1.165) is 25.7 Å². The van der Waals surface area contributed by atoms with Gasteiger partial charge in [0.15, 0.2) is 0 Å². The molecule has 0 saturated carbocycles. The standard InChI is InChI=1S/2C7H12.C2H4.3CH4/c2*1-3-5-7-6-4-2;1-2;;;/h2*3-4H,1-2,5-7H2;1-2H2;3*1H4. The molecule has 19 heavy (non-hydrogen) atoms. The largest absolute Gasteiger partial charge is 0.106 e. The van der Waals surface area contributed by atoms with Gasteiger partial charge in [0.1, 0.15) is 0 Å². The van der Waals surface area contributed by atoms with Crippen molar-refractivity contribution in [2.24, 2.45) is 0 Å². The first-order valence-corrected chi connectivity index (χ1v) is 5.77. The molecule has 0 aliphatic heterocycles. The van der Waals surface area contributed by atoms with Gasteiger partial charge >= 0.3 is 0 Å². The summed E-state index contributed by atoms with van der Waals surface area (Å²) in [7, 11) is 0. The second kappa shape index (κ2) is 54.4. The van der Waals surface area contributed by atoms with Gasteiger partial charge in [0.2, 0.25) is 0 Å². The molecule has 0 radical (unpaired) electrons. The number of hydrogen-bond acceptors (Lipinski definition) is 0. The molecule has 0 rings (SSSR count). The Morgan fingerprint density at radius 1 is 0.474 bits per heavy atom. The van der Waals surface area contributed by atoms with Gasteiger partial charge in [0.25, 0.3) is 0 Å². The summed E-state index contributed by atoms with van der Waals surface area (Å²) in [5.41, 5.74) is 0. The van der Waals surface area contributed by atoms with Crippen LogP contribution in [0.4, 0.5) is 0 Å². The molecule has 0 amide bonds. The summed E-state index contributed by atoms with van der Waals surface area (Å²) < 4.78 is 0. The van der Waals surface area contributed by atoms with Gasteiger partial charge in [-0.05, 0) is 38.5 Å². The van der Waals surface area contributed by atoms with E-state index in [0.29, 0.717) is 0 Å². The van der Waals surface area contributed by atoms with Crippen LogP contribution >= 0.6 is 0 Å². The first kappa shape index (κ1) is 36.1. The predicted molar refractivity (Wildman–Crippen MR) is 99.9 cm³/mol. The van der Waals surface area contributed by atoms with E-state index in [2.05, 4.69) is 39.5 Å². The average Bonchev–Trinajstić information content (AvgIpc) is 2.34.